The van der Waals surface area contributed by atoms with E-state index in [0.29, 0.717) is 17.6 Å². The first-order valence-corrected chi connectivity index (χ1v) is 9.50. The van der Waals surface area contributed by atoms with Gasteiger partial charge >= 0.3 is 5.97 Å². The Morgan fingerprint density at radius 1 is 1.15 bits per heavy atom. The van der Waals surface area contributed by atoms with Crippen molar-refractivity contribution in [3.63, 3.8) is 0 Å². The van der Waals surface area contributed by atoms with Crippen LogP contribution in [0.25, 0.3) is 10.8 Å². The van der Waals surface area contributed by atoms with Gasteiger partial charge in [0.25, 0.3) is 0 Å². The second-order valence-corrected chi connectivity index (χ2v) is 6.78. The predicted molar refractivity (Wildman–Crippen MR) is 105 cm³/mol. The number of anilines is 1. The zero-order chi connectivity index (χ0) is 19.2. The molecule has 7 nitrogen and oxygen atoms in total. The van der Waals surface area contributed by atoms with Crippen molar-refractivity contribution in [3.05, 3.63) is 48.3 Å². The van der Waals surface area contributed by atoms with Crippen LogP contribution in [0, 0.1) is 0 Å². The Bertz CT molecular complexity index is 970. The number of hydrogen-bond acceptors (Lipinski definition) is 6. The Morgan fingerprint density at radius 3 is 2.70 bits per heavy atom. The fourth-order valence-electron chi connectivity index (χ4n) is 2.56. The van der Waals surface area contributed by atoms with Crippen LogP contribution in [-0.4, -0.2) is 39.0 Å². The zero-order valence-electron chi connectivity index (χ0n) is 15.1. The summed E-state index contributed by atoms with van der Waals surface area (Å²) in [5, 5.41) is 13.7. The molecule has 3 aromatic rings. The van der Waals surface area contributed by atoms with Crippen molar-refractivity contribution in [2.75, 3.05) is 17.7 Å². The minimum atomic E-state index is -0.349. The summed E-state index contributed by atoms with van der Waals surface area (Å²) in [7, 11) is 1.76. The lowest BCUT2D eigenvalue weighted by Gasteiger charge is -2.07. The maximum Gasteiger partial charge on any atom is 0.313 e. The highest BCUT2D eigenvalue weighted by molar-refractivity contribution is 7.99. The van der Waals surface area contributed by atoms with E-state index < -0.39 is 0 Å². The van der Waals surface area contributed by atoms with Gasteiger partial charge in [0, 0.05) is 12.7 Å². The van der Waals surface area contributed by atoms with Gasteiger partial charge in [-0.2, -0.15) is 0 Å². The van der Waals surface area contributed by atoms with Crippen molar-refractivity contribution in [2.24, 2.45) is 7.05 Å². The van der Waals surface area contributed by atoms with Gasteiger partial charge in [0.15, 0.2) is 5.16 Å². The van der Waals surface area contributed by atoms with Gasteiger partial charge in [-0.25, -0.2) is 0 Å². The molecule has 0 radical (unpaired) electrons. The molecular weight excluding hydrogens is 364 g/mol. The average molecular weight is 384 g/mol. The molecule has 0 saturated carbocycles. The van der Waals surface area contributed by atoms with Gasteiger partial charge in [0.1, 0.15) is 12.2 Å². The summed E-state index contributed by atoms with van der Waals surface area (Å²) in [5.74, 6) is 0.216. The number of carbonyl (C=O) groups excluding carboxylic acids is 2. The number of thioether (sulfide) groups is 1. The molecule has 27 heavy (non-hydrogen) atoms. The summed E-state index contributed by atoms with van der Waals surface area (Å²) in [6.07, 6.45) is 0.0567. The maximum absolute atomic E-state index is 12.2. The van der Waals surface area contributed by atoms with Crippen molar-refractivity contribution in [1.82, 2.24) is 14.8 Å². The third kappa shape index (κ3) is 4.85. The molecule has 140 valence electrons. The number of benzene rings is 2. The predicted octanol–water partition coefficient (Wildman–Crippen LogP) is 2.80. The van der Waals surface area contributed by atoms with Gasteiger partial charge < -0.3 is 14.6 Å². The van der Waals surface area contributed by atoms with E-state index >= 15 is 0 Å². The number of aromatic nitrogens is 3. The van der Waals surface area contributed by atoms with Crippen molar-refractivity contribution in [2.45, 2.75) is 18.5 Å². The van der Waals surface area contributed by atoms with Gasteiger partial charge in [-0.15, -0.1) is 10.2 Å². The van der Waals surface area contributed by atoms with Crippen molar-refractivity contribution in [3.8, 4) is 0 Å². The topological polar surface area (TPSA) is 86.1 Å². The smallest absolute Gasteiger partial charge is 0.313 e. The van der Waals surface area contributed by atoms with Crippen LogP contribution < -0.4 is 5.32 Å². The van der Waals surface area contributed by atoms with Crippen LogP contribution >= 0.6 is 11.8 Å². The molecule has 1 heterocycles. The highest BCUT2D eigenvalue weighted by atomic mass is 32.2. The Kier molecular flexibility index (Phi) is 6.08. The fraction of sp³-hybridized carbons (Fsp3) is 0.263. The van der Waals surface area contributed by atoms with E-state index in [1.54, 1.807) is 18.5 Å². The number of ether oxygens (including phenoxy) is 1. The summed E-state index contributed by atoms with van der Waals surface area (Å²) >= 11 is 1.26. The molecule has 0 unspecified atom stereocenters. The molecule has 0 fully saturated rings. The third-order valence-corrected chi connectivity index (χ3v) is 4.92. The number of amides is 1. The Labute approximate surface area is 161 Å². The molecule has 0 atom stereocenters. The van der Waals surface area contributed by atoms with Crippen LogP contribution in [0.4, 0.5) is 5.69 Å². The van der Waals surface area contributed by atoms with Gasteiger partial charge in [-0.05, 0) is 29.8 Å². The first-order chi connectivity index (χ1) is 13.1. The van der Waals surface area contributed by atoms with Crippen molar-refractivity contribution in [1.29, 1.82) is 0 Å². The van der Waals surface area contributed by atoms with Crippen molar-refractivity contribution < 1.29 is 14.3 Å². The highest BCUT2D eigenvalue weighted by Crippen LogP contribution is 2.20. The van der Waals surface area contributed by atoms with Crippen LogP contribution in [0.2, 0.25) is 0 Å². The molecule has 1 N–H and O–H groups in total. The zero-order valence-corrected chi connectivity index (χ0v) is 16.0. The van der Waals surface area contributed by atoms with E-state index in [1.807, 2.05) is 42.5 Å². The maximum atomic E-state index is 12.2. The van der Waals surface area contributed by atoms with Crippen molar-refractivity contribution >= 4 is 40.1 Å². The molecule has 8 heteroatoms. The number of hydrogen-bond donors (Lipinski definition) is 1. The fourth-order valence-corrected chi connectivity index (χ4v) is 3.29. The van der Waals surface area contributed by atoms with Crippen LogP contribution in [-0.2, 0) is 27.8 Å². The molecule has 1 aromatic heterocycles. The van der Waals surface area contributed by atoms with Gasteiger partial charge in [-0.3, -0.25) is 9.59 Å². The molecule has 0 aliphatic heterocycles. The standard InChI is InChI=1S/C19H20N4O3S/c1-3-26-18(25)11-16-21-22-19(23(16)2)27-12-17(24)20-15-9-8-13-6-4-5-7-14(13)10-15/h4-10H,3,11-12H2,1-2H3,(H,20,24). The summed E-state index contributed by atoms with van der Waals surface area (Å²) < 4.78 is 6.61. The summed E-state index contributed by atoms with van der Waals surface area (Å²) in [5.41, 5.74) is 0.750. The largest absolute Gasteiger partial charge is 0.466 e. The number of fused-ring (bicyclic) bond motifs is 1. The van der Waals surface area contributed by atoms with Gasteiger partial charge in [0.2, 0.25) is 5.91 Å². The molecule has 3 rings (SSSR count). The molecule has 2 aromatic carbocycles. The number of nitrogens with one attached hydrogen (secondary N) is 1. The van der Waals surface area contributed by atoms with Crippen LogP contribution in [0.15, 0.2) is 47.6 Å². The number of nitrogens with zero attached hydrogens (tertiary/aromatic N) is 3. The summed E-state index contributed by atoms with van der Waals surface area (Å²) in [4.78, 5) is 23.8. The van der Waals surface area contributed by atoms with E-state index in [4.69, 9.17) is 4.74 Å². The SMILES string of the molecule is CCOC(=O)Cc1nnc(SCC(=O)Nc2ccc3ccccc3c2)n1C. The van der Waals surface area contributed by atoms with E-state index in [-0.39, 0.29) is 24.1 Å². The number of carbonyl (C=O) groups is 2. The second-order valence-electron chi connectivity index (χ2n) is 5.84. The van der Waals surface area contributed by atoms with Crippen LogP contribution in [0.5, 0.6) is 0 Å². The third-order valence-electron chi connectivity index (χ3n) is 3.90. The van der Waals surface area contributed by atoms with E-state index in [2.05, 4.69) is 15.5 Å². The normalized spacial score (nSPS) is 10.7. The first kappa shape index (κ1) is 18.9. The molecule has 0 spiro atoms. The molecule has 0 saturated heterocycles. The summed E-state index contributed by atoms with van der Waals surface area (Å²) in [6.45, 7) is 2.08. The monoisotopic (exact) mass is 384 g/mol. The Balaban J connectivity index is 1.57. The first-order valence-electron chi connectivity index (χ1n) is 8.52. The second kappa shape index (κ2) is 8.68. The van der Waals surface area contributed by atoms with Crippen LogP contribution in [0.3, 0.4) is 0 Å². The molecule has 0 aliphatic rings. The highest BCUT2D eigenvalue weighted by Gasteiger charge is 2.15. The molecule has 1 amide bonds. The van der Waals surface area contributed by atoms with E-state index in [1.165, 1.54) is 11.8 Å². The number of esters is 1. The van der Waals surface area contributed by atoms with Gasteiger partial charge in [-0.1, -0.05) is 42.1 Å². The lowest BCUT2D eigenvalue weighted by Crippen LogP contribution is -2.15. The minimum absolute atomic E-state index is 0.0567. The van der Waals surface area contributed by atoms with Crippen LogP contribution in [0.1, 0.15) is 12.7 Å². The Hall–Kier alpha value is -2.87. The minimum Gasteiger partial charge on any atom is -0.466 e. The van der Waals surface area contributed by atoms with E-state index in [9.17, 15) is 9.59 Å². The lowest BCUT2D eigenvalue weighted by molar-refractivity contribution is -0.142. The Morgan fingerprint density at radius 2 is 1.93 bits per heavy atom. The van der Waals surface area contributed by atoms with Gasteiger partial charge in [0.05, 0.1) is 12.4 Å². The molecule has 0 aliphatic carbocycles. The lowest BCUT2D eigenvalue weighted by atomic mass is 10.1. The molecular formula is C19H20N4O3S. The quantitative estimate of drug-likeness (QED) is 0.498. The average Bonchev–Trinajstić information content (AvgIpc) is 3.00. The molecule has 0 bridgehead atoms. The van der Waals surface area contributed by atoms with E-state index in [0.717, 1.165) is 16.5 Å². The number of rotatable bonds is 7. The summed E-state index contributed by atoms with van der Waals surface area (Å²) in [6, 6.07) is 13.8.